The molecular weight excluding hydrogens is 574 g/mol. The number of aryl methyl sites for hydroxylation is 1. The number of aromatic hydroxyl groups is 1. The van der Waals surface area contributed by atoms with Gasteiger partial charge in [-0.3, -0.25) is 4.79 Å². The highest BCUT2D eigenvalue weighted by atomic mass is 79.9. The number of nitrogens with zero attached hydrogens (tertiary/aromatic N) is 3. The van der Waals surface area contributed by atoms with Crippen LogP contribution in [0.15, 0.2) is 87.6 Å². The van der Waals surface area contributed by atoms with Gasteiger partial charge in [0, 0.05) is 22.2 Å². The monoisotopic (exact) mass is 595 g/mol. The molecule has 188 valence electrons. The molecule has 5 rings (SSSR count). The molecule has 4 aromatic rings. The Balaban J connectivity index is 1.52. The second-order valence-electron chi connectivity index (χ2n) is 8.64. The smallest absolute Gasteiger partial charge is 0.255 e. The van der Waals surface area contributed by atoms with E-state index in [1.165, 1.54) is 11.8 Å². The number of rotatable bonds is 6. The second kappa shape index (κ2) is 10.6. The molecule has 1 unspecified atom stereocenters. The fraction of sp³-hybridized carbons (Fsp3) is 0.148. The Bertz CT molecular complexity index is 1540. The summed E-state index contributed by atoms with van der Waals surface area (Å²) >= 11 is 11.2. The summed E-state index contributed by atoms with van der Waals surface area (Å²) in [5, 5.41) is 22.4. The average Bonchev–Trinajstić information content (AvgIpc) is 3.26. The van der Waals surface area contributed by atoms with Gasteiger partial charge in [-0.1, -0.05) is 59.8 Å². The average molecular weight is 597 g/mol. The number of anilines is 2. The molecule has 7 nitrogen and oxygen atoms in total. The van der Waals surface area contributed by atoms with E-state index in [9.17, 15) is 9.90 Å². The molecule has 1 atom stereocenters. The minimum absolute atomic E-state index is 0.110. The van der Waals surface area contributed by atoms with E-state index in [2.05, 4.69) is 31.5 Å². The Morgan fingerprint density at radius 3 is 2.73 bits per heavy atom. The number of fused-ring (bicyclic) bond motifs is 1. The molecule has 0 spiro atoms. The van der Waals surface area contributed by atoms with Crippen molar-refractivity contribution in [2.45, 2.75) is 30.8 Å². The molecule has 0 saturated heterocycles. The third kappa shape index (κ3) is 5.39. The number of thioether (sulfide) groups is 1. The van der Waals surface area contributed by atoms with Crippen molar-refractivity contribution >= 4 is 56.8 Å². The summed E-state index contributed by atoms with van der Waals surface area (Å²) in [7, 11) is 0. The zero-order chi connectivity index (χ0) is 26.1. The van der Waals surface area contributed by atoms with E-state index in [0.717, 1.165) is 16.7 Å². The van der Waals surface area contributed by atoms with Gasteiger partial charge < -0.3 is 15.7 Å². The number of nitrogens with one attached hydrogen (secondary N) is 2. The lowest BCUT2D eigenvalue weighted by Gasteiger charge is -2.29. The highest BCUT2D eigenvalue weighted by Gasteiger charge is 2.34. The molecule has 10 heteroatoms. The SMILES string of the molecule is CC1=C(C(=O)Nc2cccc(C)c2)C(c2ccc(O)c(Br)c2)n2nc(SCc3ccccc3Cl)nc2N1. The zero-order valence-electron chi connectivity index (χ0n) is 20.0. The molecule has 0 radical (unpaired) electrons. The topological polar surface area (TPSA) is 92.1 Å². The largest absolute Gasteiger partial charge is 0.507 e. The van der Waals surface area contributed by atoms with Crippen LogP contribution in [0.1, 0.15) is 29.7 Å². The summed E-state index contributed by atoms with van der Waals surface area (Å²) in [4.78, 5) is 18.3. The molecule has 0 bridgehead atoms. The van der Waals surface area contributed by atoms with Gasteiger partial charge in [0.25, 0.3) is 5.91 Å². The summed E-state index contributed by atoms with van der Waals surface area (Å²) in [5.74, 6) is 0.988. The summed E-state index contributed by atoms with van der Waals surface area (Å²) in [5.41, 5.74) is 4.68. The maximum Gasteiger partial charge on any atom is 0.255 e. The third-order valence-electron chi connectivity index (χ3n) is 5.96. The van der Waals surface area contributed by atoms with Crippen LogP contribution in [0.4, 0.5) is 11.6 Å². The number of allylic oxidation sites excluding steroid dienone is 1. The van der Waals surface area contributed by atoms with Gasteiger partial charge in [-0.15, -0.1) is 5.10 Å². The minimum Gasteiger partial charge on any atom is -0.507 e. The van der Waals surface area contributed by atoms with E-state index in [0.29, 0.717) is 43.3 Å². The van der Waals surface area contributed by atoms with E-state index >= 15 is 0 Å². The van der Waals surface area contributed by atoms with E-state index in [1.807, 2.05) is 62.4 Å². The summed E-state index contributed by atoms with van der Waals surface area (Å²) in [6.45, 7) is 3.82. The van der Waals surface area contributed by atoms with E-state index in [-0.39, 0.29) is 11.7 Å². The van der Waals surface area contributed by atoms with Gasteiger partial charge in [-0.2, -0.15) is 4.98 Å². The molecule has 1 aliphatic heterocycles. The summed E-state index contributed by atoms with van der Waals surface area (Å²) in [6, 6.07) is 19.9. The first-order valence-corrected chi connectivity index (χ1v) is 13.6. The first kappa shape index (κ1) is 25.4. The second-order valence-corrected chi connectivity index (χ2v) is 10.8. The van der Waals surface area contributed by atoms with Crippen molar-refractivity contribution in [3.8, 4) is 5.75 Å². The number of hydrogen-bond acceptors (Lipinski definition) is 6. The predicted octanol–water partition coefficient (Wildman–Crippen LogP) is 6.93. The maximum atomic E-state index is 13.6. The molecule has 0 aliphatic carbocycles. The van der Waals surface area contributed by atoms with E-state index < -0.39 is 6.04 Å². The highest BCUT2D eigenvalue weighted by molar-refractivity contribution is 9.10. The summed E-state index contributed by atoms with van der Waals surface area (Å²) < 4.78 is 2.24. The molecule has 3 N–H and O–H groups in total. The van der Waals surface area contributed by atoms with Crippen molar-refractivity contribution < 1.29 is 9.90 Å². The van der Waals surface area contributed by atoms with Gasteiger partial charge in [-0.25, -0.2) is 4.68 Å². The number of amides is 1. The number of phenolic OH excluding ortho intramolecular Hbond substituents is 1. The van der Waals surface area contributed by atoms with Gasteiger partial charge in [0.15, 0.2) is 0 Å². The van der Waals surface area contributed by atoms with Crippen LogP contribution < -0.4 is 10.6 Å². The van der Waals surface area contributed by atoms with Crippen LogP contribution in [0.5, 0.6) is 5.75 Å². The zero-order valence-corrected chi connectivity index (χ0v) is 23.2. The summed E-state index contributed by atoms with van der Waals surface area (Å²) in [6.07, 6.45) is 0. The van der Waals surface area contributed by atoms with Gasteiger partial charge in [0.2, 0.25) is 11.1 Å². The number of carbonyl (C=O) groups is 1. The molecule has 0 fully saturated rings. The fourth-order valence-corrected chi connectivity index (χ4v) is 5.68. The van der Waals surface area contributed by atoms with Crippen molar-refractivity contribution in [3.05, 3.63) is 104 Å². The number of hydrogen-bond donors (Lipinski definition) is 3. The van der Waals surface area contributed by atoms with Crippen LogP contribution in [0.2, 0.25) is 5.02 Å². The minimum atomic E-state index is -0.569. The molecule has 2 heterocycles. The van der Waals surface area contributed by atoms with Crippen LogP contribution in [-0.2, 0) is 10.5 Å². The highest BCUT2D eigenvalue weighted by Crippen LogP contribution is 2.39. The van der Waals surface area contributed by atoms with Gasteiger partial charge in [-0.05, 0) is 76.8 Å². The van der Waals surface area contributed by atoms with Gasteiger partial charge in [0.1, 0.15) is 11.8 Å². The number of benzene rings is 3. The van der Waals surface area contributed by atoms with Crippen LogP contribution in [-0.4, -0.2) is 25.8 Å². The number of phenols is 1. The normalized spacial score (nSPS) is 14.8. The van der Waals surface area contributed by atoms with Crippen molar-refractivity contribution in [3.63, 3.8) is 0 Å². The Labute approximate surface area is 232 Å². The standard InChI is InChI=1S/C27H23BrClN5O2S/c1-15-6-5-8-19(12-15)31-25(36)23-16(2)30-26-32-27(37-14-18-7-3-4-9-21(18)29)33-34(26)24(23)17-10-11-22(35)20(28)13-17/h3-13,24,35H,14H2,1-2H3,(H,31,36)(H,30,32,33). The molecule has 1 aromatic heterocycles. The number of aromatic nitrogens is 3. The first-order chi connectivity index (χ1) is 17.8. The fourth-order valence-electron chi connectivity index (χ4n) is 4.17. The maximum absolute atomic E-state index is 13.6. The Hall–Kier alpha value is -3.27. The Kier molecular flexibility index (Phi) is 7.28. The van der Waals surface area contributed by atoms with Crippen molar-refractivity contribution in [1.29, 1.82) is 0 Å². The molecular formula is C27H23BrClN5O2S. The van der Waals surface area contributed by atoms with Crippen molar-refractivity contribution in [1.82, 2.24) is 14.8 Å². The van der Waals surface area contributed by atoms with Crippen molar-refractivity contribution in [2.75, 3.05) is 10.6 Å². The van der Waals surface area contributed by atoms with Crippen LogP contribution in [0, 0.1) is 6.92 Å². The molecule has 37 heavy (non-hydrogen) atoms. The van der Waals surface area contributed by atoms with Crippen molar-refractivity contribution in [2.24, 2.45) is 0 Å². The van der Waals surface area contributed by atoms with Gasteiger partial charge in [0.05, 0.1) is 10.0 Å². The molecule has 1 amide bonds. The van der Waals surface area contributed by atoms with E-state index in [1.54, 1.807) is 22.9 Å². The predicted molar refractivity (Wildman–Crippen MR) is 151 cm³/mol. The molecule has 0 saturated carbocycles. The van der Waals surface area contributed by atoms with Crippen LogP contribution in [0.25, 0.3) is 0 Å². The number of halogens is 2. The first-order valence-electron chi connectivity index (χ1n) is 11.5. The molecule has 3 aromatic carbocycles. The lowest BCUT2D eigenvalue weighted by Crippen LogP contribution is -2.31. The van der Waals surface area contributed by atoms with E-state index in [4.69, 9.17) is 16.7 Å². The number of carbonyl (C=O) groups excluding carboxylic acids is 1. The van der Waals surface area contributed by atoms with Crippen LogP contribution >= 0.6 is 39.3 Å². The van der Waals surface area contributed by atoms with Gasteiger partial charge >= 0.3 is 0 Å². The Morgan fingerprint density at radius 2 is 1.97 bits per heavy atom. The molecule has 1 aliphatic rings. The Morgan fingerprint density at radius 1 is 1.16 bits per heavy atom. The lowest BCUT2D eigenvalue weighted by molar-refractivity contribution is -0.113. The quantitative estimate of drug-likeness (QED) is 0.209. The third-order valence-corrected chi connectivity index (χ3v) is 7.85. The van der Waals surface area contributed by atoms with Crippen LogP contribution in [0.3, 0.4) is 0 Å². The lowest BCUT2D eigenvalue weighted by atomic mass is 9.95.